The Morgan fingerprint density at radius 1 is 1.79 bits per heavy atom. The van der Waals surface area contributed by atoms with Crippen molar-refractivity contribution in [2.24, 2.45) is 0 Å². The number of fused-ring (bicyclic) bond motifs is 1. The molecule has 1 aliphatic rings. The molecular formula is C10H14N2O2. The average Bonchev–Trinajstić information content (AvgIpc) is 2.48. The Balaban J connectivity index is 2.29. The fourth-order valence-electron chi connectivity index (χ4n) is 2.20. The molecule has 1 unspecified atom stereocenters. The molecule has 0 amide bonds. The van der Waals surface area contributed by atoms with Gasteiger partial charge < -0.3 is 9.67 Å². The lowest BCUT2D eigenvalue weighted by molar-refractivity contribution is -0.138. The molecule has 4 heteroatoms. The standard InChI is InChI=1S/C10H14N2O2/c1-7-6-11-9-4-2-3-8(12(7)9)5-10(13)14/h6,8H,2-5H2,1H3,(H,13,14). The van der Waals surface area contributed by atoms with Crippen LogP contribution in [0.1, 0.15) is 36.8 Å². The first-order valence-corrected chi connectivity index (χ1v) is 4.93. The number of carboxylic acids is 1. The molecule has 1 atom stereocenters. The number of aromatic nitrogens is 2. The predicted octanol–water partition coefficient (Wildman–Crippen LogP) is 1.54. The maximum atomic E-state index is 10.7. The zero-order valence-electron chi connectivity index (χ0n) is 8.23. The van der Waals surface area contributed by atoms with E-state index >= 15 is 0 Å². The summed E-state index contributed by atoms with van der Waals surface area (Å²) in [4.78, 5) is 15.0. The molecule has 0 saturated heterocycles. The van der Waals surface area contributed by atoms with Crippen LogP contribution in [-0.2, 0) is 11.2 Å². The molecule has 1 N–H and O–H groups in total. The molecule has 0 fully saturated rings. The zero-order valence-corrected chi connectivity index (χ0v) is 8.23. The first kappa shape index (κ1) is 9.24. The van der Waals surface area contributed by atoms with Gasteiger partial charge in [-0.2, -0.15) is 0 Å². The van der Waals surface area contributed by atoms with Crippen LogP contribution in [0, 0.1) is 6.92 Å². The molecule has 76 valence electrons. The second kappa shape index (κ2) is 3.44. The molecule has 0 saturated carbocycles. The van der Waals surface area contributed by atoms with Crippen LogP contribution >= 0.6 is 0 Å². The van der Waals surface area contributed by atoms with Crippen LogP contribution in [0.2, 0.25) is 0 Å². The summed E-state index contributed by atoms with van der Waals surface area (Å²) in [6, 6.07) is 0.110. The summed E-state index contributed by atoms with van der Waals surface area (Å²) in [5.41, 5.74) is 1.07. The number of rotatable bonds is 2. The third-order valence-electron chi connectivity index (χ3n) is 2.77. The third kappa shape index (κ3) is 1.52. The first-order valence-electron chi connectivity index (χ1n) is 4.93. The number of nitrogens with zero attached hydrogens (tertiary/aromatic N) is 2. The van der Waals surface area contributed by atoms with Gasteiger partial charge in [-0.1, -0.05) is 0 Å². The second-order valence-electron chi connectivity index (χ2n) is 3.83. The van der Waals surface area contributed by atoms with Crippen LogP contribution in [0.5, 0.6) is 0 Å². The number of aryl methyl sites for hydroxylation is 2. The number of imidazole rings is 1. The summed E-state index contributed by atoms with van der Waals surface area (Å²) < 4.78 is 2.08. The summed E-state index contributed by atoms with van der Waals surface area (Å²) in [6.45, 7) is 1.98. The highest BCUT2D eigenvalue weighted by Crippen LogP contribution is 2.28. The maximum absolute atomic E-state index is 10.7. The minimum atomic E-state index is -0.726. The van der Waals surface area contributed by atoms with E-state index in [0.29, 0.717) is 0 Å². The molecule has 1 aliphatic heterocycles. The largest absolute Gasteiger partial charge is 0.481 e. The number of hydrogen-bond acceptors (Lipinski definition) is 2. The van der Waals surface area contributed by atoms with Gasteiger partial charge in [-0.05, 0) is 19.8 Å². The Labute approximate surface area is 82.6 Å². The summed E-state index contributed by atoms with van der Waals surface area (Å²) >= 11 is 0. The van der Waals surface area contributed by atoms with Crippen molar-refractivity contribution in [3.8, 4) is 0 Å². The van der Waals surface area contributed by atoms with Crippen molar-refractivity contribution in [1.82, 2.24) is 9.55 Å². The van der Waals surface area contributed by atoms with Gasteiger partial charge in [-0.15, -0.1) is 0 Å². The molecular weight excluding hydrogens is 180 g/mol. The van der Waals surface area contributed by atoms with Gasteiger partial charge in [-0.3, -0.25) is 4.79 Å². The van der Waals surface area contributed by atoms with Gasteiger partial charge in [0.25, 0.3) is 0 Å². The van der Waals surface area contributed by atoms with Gasteiger partial charge in [0.15, 0.2) is 0 Å². The van der Waals surface area contributed by atoms with Gasteiger partial charge in [0, 0.05) is 24.4 Å². The lowest BCUT2D eigenvalue weighted by Gasteiger charge is -2.25. The minimum absolute atomic E-state index is 0.110. The monoisotopic (exact) mass is 194 g/mol. The van der Waals surface area contributed by atoms with E-state index < -0.39 is 5.97 Å². The van der Waals surface area contributed by atoms with Gasteiger partial charge in [0.05, 0.1) is 6.42 Å². The first-order chi connectivity index (χ1) is 6.68. The zero-order chi connectivity index (χ0) is 10.1. The molecule has 4 nitrogen and oxygen atoms in total. The molecule has 2 heterocycles. The molecule has 0 spiro atoms. The van der Waals surface area contributed by atoms with E-state index in [4.69, 9.17) is 5.11 Å². The van der Waals surface area contributed by atoms with Gasteiger partial charge in [0.2, 0.25) is 0 Å². The molecule has 0 aliphatic carbocycles. The summed E-state index contributed by atoms with van der Waals surface area (Å²) in [6.07, 6.45) is 5.02. The lowest BCUT2D eigenvalue weighted by Crippen LogP contribution is -2.21. The number of carbonyl (C=O) groups is 1. The molecule has 1 aromatic rings. The molecule has 2 rings (SSSR count). The smallest absolute Gasteiger partial charge is 0.305 e. The molecule has 0 radical (unpaired) electrons. The van der Waals surface area contributed by atoms with Crippen molar-refractivity contribution in [3.05, 3.63) is 17.7 Å². The Bertz CT molecular complexity index is 357. The highest BCUT2D eigenvalue weighted by atomic mass is 16.4. The molecule has 14 heavy (non-hydrogen) atoms. The number of hydrogen-bond donors (Lipinski definition) is 1. The van der Waals surface area contributed by atoms with Gasteiger partial charge >= 0.3 is 5.97 Å². The number of carboxylic acid groups (broad SMARTS) is 1. The quantitative estimate of drug-likeness (QED) is 0.777. The lowest BCUT2D eigenvalue weighted by atomic mass is 10.0. The normalized spacial score (nSPS) is 20.5. The Morgan fingerprint density at radius 2 is 2.57 bits per heavy atom. The average molecular weight is 194 g/mol. The summed E-state index contributed by atoms with van der Waals surface area (Å²) in [7, 11) is 0. The summed E-state index contributed by atoms with van der Waals surface area (Å²) in [5.74, 6) is 0.316. The number of aliphatic carboxylic acids is 1. The van der Waals surface area contributed by atoms with Crippen LogP contribution in [0.3, 0.4) is 0 Å². The van der Waals surface area contributed by atoms with Gasteiger partial charge in [-0.25, -0.2) is 4.98 Å². The maximum Gasteiger partial charge on any atom is 0.305 e. The minimum Gasteiger partial charge on any atom is -0.481 e. The van der Waals surface area contributed by atoms with E-state index in [1.165, 1.54) is 0 Å². The van der Waals surface area contributed by atoms with Crippen molar-refractivity contribution in [1.29, 1.82) is 0 Å². The fourth-order valence-corrected chi connectivity index (χ4v) is 2.20. The van der Waals surface area contributed by atoms with Crippen molar-refractivity contribution < 1.29 is 9.90 Å². The Hall–Kier alpha value is -1.32. The highest BCUT2D eigenvalue weighted by Gasteiger charge is 2.23. The van der Waals surface area contributed by atoms with Crippen LogP contribution in [0.4, 0.5) is 0 Å². The molecule has 1 aromatic heterocycles. The van der Waals surface area contributed by atoms with Crippen molar-refractivity contribution in [3.63, 3.8) is 0 Å². The highest BCUT2D eigenvalue weighted by molar-refractivity contribution is 5.67. The second-order valence-corrected chi connectivity index (χ2v) is 3.83. The van der Waals surface area contributed by atoms with Crippen LogP contribution in [0.25, 0.3) is 0 Å². The molecule has 0 aromatic carbocycles. The van der Waals surface area contributed by atoms with E-state index in [0.717, 1.165) is 30.8 Å². The van der Waals surface area contributed by atoms with Crippen molar-refractivity contribution >= 4 is 5.97 Å². The van der Waals surface area contributed by atoms with Crippen molar-refractivity contribution in [2.45, 2.75) is 38.6 Å². The topological polar surface area (TPSA) is 55.1 Å². The van der Waals surface area contributed by atoms with E-state index in [2.05, 4.69) is 9.55 Å². The third-order valence-corrected chi connectivity index (χ3v) is 2.77. The Morgan fingerprint density at radius 3 is 3.29 bits per heavy atom. The molecule has 0 bridgehead atoms. The SMILES string of the molecule is Cc1cnc2n1C(CC(=O)O)CCC2. The van der Waals surface area contributed by atoms with E-state index in [9.17, 15) is 4.79 Å². The fraction of sp³-hybridized carbons (Fsp3) is 0.600. The van der Waals surface area contributed by atoms with Crippen LogP contribution in [-0.4, -0.2) is 20.6 Å². The van der Waals surface area contributed by atoms with Crippen LogP contribution < -0.4 is 0 Å². The Kier molecular flexibility index (Phi) is 2.27. The predicted molar refractivity (Wildman–Crippen MR) is 51.2 cm³/mol. The van der Waals surface area contributed by atoms with E-state index in [1.54, 1.807) is 0 Å². The van der Waals surface area contributed by atoms with E-state index in [1.807, 2.05) is 13.1 Å². The van der Waals surface area contributed by atoms with Gasteiger partial charge in [0.1, 0.15) is 5.82 Å². The van der Waals surface area contributed by atoms with Crippen molar-refractivity contribution in [2.75, 3.05) is 0 Å². The van der Waals surface area contributed by atoms with Crippen LogP contribution in [0.15, 0.2) is 6.20 Å². The summed E-state index contributed by atoms with van der Waals surface area (Å²) in [5, 5.41) is 8.79. The van der Waals surface area contributed by atoms with E-state index in [-0.39, 0.29) is 12.5 Å².